The normalized spacial score (nSPS) is 32.4. The van der Waals surface area contributed by atoms with E-state index < -0.39 is 0 Å². The van der Waals surface area contributed by atoms with Gasteiger partial charge < -0.3 is 0 Å². The van der Waals surface area contributed by atoms with E-state index in [9.17, 15) is 0 Å². The van der Waals surface area contributed by atoms with E-state index in [0.29, 0.717) is 12.1 Å². The molecule has 0 amide bonds. The van der Waals surface area contributed by atoms with Gasteiger partial charge in [-0.3, -0.25) is 26.1 Å². The Bertz CT molecular complexity index is 374. The number of nitrogens with two attached hydrogens (primary N) is 1. The minimum atomic E-state index is 0.315. The van der Waals surface area contributed by atoms with E-state index in [4.69, 9.17) is 5.84 Å². The van der Waals surface area contributed by atoms with Gasteiger partial charge in [-0.1, -0.05) is 0 Å². The molecular formula is C13H21N5. The van der Waals surface area contributed by atoms with Crippen molar-refractivity contribution in [3.05, 3.63) is 30.1 Å². The van der Waals surface area contributed by atoms with Gasteiger partial charge in [0.1, 0.15) is 0 Å². The number of pyridine rings is 1. The molecule has 18 heavy (non-hydrogen) atoms. The van der Waals surface area contributed by atoms with E-state index in [1.54, 1.807) is 0 Å². The minimum absolute atomic E-state index is 0.315. The third kappa shape index (κ3) is 2.40. The molecule has 2 unspecified atom stereocenters. The summed E-state index contributed by atoms with van der Waals surface area (Å²) in [6.07, 6.45) is 4.66. The molecule has 0 aromatic carbocycles. The average molecular weight is 247 g/mol. The molecule has 1 aromatic rings. The first-order chi connectivity index (χ1) is 8.86. The molecule has 1 aromatic heterocycles. The molecule has 0 saturated carbocycles. The van der Waals surface area contributed by atoms with Gasteiger partial charge in [0.2, 0.25) is 0 Å². The Kier molecular flexibility index (Phi) is 3.56. The van der Waals surface area contributed by atoms with Gasteiger partial charge in [0.25, 0.3) is 0 Å². The molecule has 4 heterocycles. The smallest absolute Gasteiger partial charge is 0.0418 e. The Morgan fingerprint density at radius 3 is 2.56 bits per heavy atom. The number of hydrogen-bond donors (Lipinski definition) is 2. The summed E-state index contributed by atoms with van der Waals surface area (Å²) in [6.45, 7) is 5.92. The van der Waals surface area contributed by atoms with E-state index in [2.05, 4.69) is 32.3 Å². The highest BCUT2D eigenvalue weighted by Crippen LogP contribution is 2.19. The second kappa shape index (κ2) is 5.32. The minimum Gasteiger partial charge on any atom is -0.299 e. The third-order valence-corrected chi connectivity index (χ3v) is 4.20. The van der Waals surface area contributed by atoms with Crippen LogP contribution in [0.15, 0.2) is 24.5 Å². The van der Waals surface area contributed by atoms with Crippen molar-refractivity contribution in [2.24, 2.45) is 5.84 Å². The lowest BCUT2D eigenvalue weighted by Gasteiger charge is -2.50. The van der Waals surface area contributed by atoms with E-state index in [-0.39, 0.29) is 0 Å². The van der Waals surface area contributed by atoms with Gasteiger partial charge in [-0.05, 0) is 24.1 Å². The summed E-state index contributed by atoms with van der Waals surface area (Å²) in [7, 11) is 0. The molecule has 3 aliphatic rings. The standard InChI is InChI=1S/C13H21N5/c14-16-12(9-11-1-3-15-4-2-11)13-10-17-5-7-18(13)8-6-17/h1-4,12-13,16H,5-10,14H2. The first-order valence-corrected chi connectivity index (χ1v) is 6.68. The zero-order valence-corrected chi connectivity index (χ0v) is 10.6. The van der Waals surface area contributed by atoms with Crippen LogP contribution in [0.4, 0.5) is 0 Å². The van der Waals surface area contributed by atoms with Crippen molar-refractivity contribution in [1.29, 1.82) is 0 Å². The molecule has 3 aliphatic heterocycles. The predicted molar refractivity (Wildman–Crippen MR) is 70.9 cm³/mol. The lowest BCUT2D eigenvalue weighted by atomic mass is 9.95. The van der Waals surface area contributed by atoms with Crippen molar-refractivity contribution in [3.8, 4) is 0 Å². The summed E-state index contributed by atoms with van der Waals surface area (Å²) in [6, 6.07) is 4.99. The lowest BCUT2D eigenvalue weighted by molar-refractivity contribution is -0.00315. The van der Waals surface area contributed by atoms with Crippen molar-refractivity contribution in [2.45, 2.75) is 18.5 Å². The highest BCUT2D eigenvalue weighted by atomic mass is 15.4. The van der Waals surface area contributed by atoms with Crippen LogP contribution in [0.5, 0.6) is 0 Å². The molecule has 3 fully saturated rings. The van der Waals surface area contributed by atoms with Crippen LogP contribution >= 0.6 is 0 Å². The highest BCUT2D eigenvalue weighted by molar-refractivity contribution is 5.13. The van der Waals surface area contributed by atoms with Gasteiger partial charge in [0.05, 0.1) is 0 Å². The maximum absolute atomic E-state index is 5.77. The van der Waals surface area contributed by atoms with Crippen LogP contribution in [0.1, 0.15) is 5.56 Å². The van der Waals surface area contributed by atoms with Gasteiger partial charge in [-0.25, -0.2) is 0 Å². The number of aromatic nitrogens is 1. The highest BCUT2D eigenvalue weighted by Gasteiger charge is 2.36. The Balaban J connectivity index is 1.69. The van der Waals surface area contributed by atoms with Crippen molar-refractivity contribution >= 4 is 0 Å². The van der Waals surface area contributed by atoms with E-state index in [1.807, 2.05) is 12.4 Å². The summed E-state index contributed by atoms with van der Waals surface area (Å²) >= 11 is 0. The number of piperazine rings is 3. The number of rotatable bonds is 4. The molecular weight excluding hydrogens is 226 g/mol. The van der Waals surface area contributed by atoms with Crippen molar-refractivity contribution in [2.75, 3.05) is 32.7 Å². The van der Waals surface area contributed by atoms with Crippen molar-refractivity contribution in [1.82, 2.24) is 20.2 Å². The zero-order valence-electron chi connectivity index (χ0n) is 10.6. The van der Waals surface area contributed by atoms with Crippen LogP contribution in [0.25, 0.3) is 0 Å². The SMILES string of the molecule is NNC(Cc1ccncc1)C1CN2CCN1CC2. The van der Waals surface area contributed by atoms with Gasteiger partial charge in [-0.15, -0.1) is 0 Å². The van der Waals surface area contributed by atoms with Crippen molar-refractivity contribution in [3.63, 3.8) is 0 Å². The number of fused-ring (bicyclic) bond motifs is 3. The number of nitrogens with one attached hydrogen (secondary N) is 1. The van der Waals surface area contributed by atoms with Gasteiger partial charge in [0, 0.05) is 57.2 Å². The zero-order chi connectivity index (χ0) is 12.4. The summed E-state index contributed by atoms with van der Waals surface area (Å²) < 4.78 is 0. The van der Waals surface area contributed by atoms with Crippen LogP contribution in [0.3, 0.4) is 0 Å². The van der Waals surface area contributed by atoms with E-state index in [1.165, 1.54) is 31.7 Å². The van der Waals surface area contributed by atoms with Crippen LogP contribution in [0, 0.1) is 0 Å². The van der Waals surface area contributed by atoms with Crippen LogP contribution in [0.2, 0.25) is 0 Å². The Hall–Kier alpha value is -1.01. The van der Waals surface area contributed by atoms with E-state index >= 15 is 0 Å². The first kappa shape index (κ1) is 12.0. The van der Waals surface area contributed by atoms with Crippen LogP contribution < -0.4 is 11.3 Å². The molecule has 3 N–H and O–H groups in total. The molecule has 0 aliphatic carbocycles. The Morgan fingerprint density at radius 1 is 1.28 bits per heavy atom. The molecule has 4 rings (SSSR count). The second-order valence-corrected chi connectivity index (χ2v) is 5.24. The predicted octanol–water partition coefficient (Wildman–Crippen LogP) is -0.544. The first-order valence-electron chi connectivity index (χ1n) is 6.68. The van der Waals surface area contributed by atoms with E-state index in [0.717, 1.165) is 13.0 Å². The summed E-state index contributed by atoms with van der Waals surface area (Å²) in [5, 5.41) is 0. The molecule has 98 valence electrons. The number of hydrazine groups is 1. The topological polar surface area (TPSA) is 57.4 Å². The Labute approximate surface area is 108 Å². The fraction of sp³-hybridized carbons (Fsp3) is 0.615. The van der Waals surface area contributed by atoms with Gasteiger partial charge in [0.15, 0.2) is 0 Å². The second-order valence-electron chi connectivity index (χ2n) is 5.24. The molecule has 0 spiro atoms. The fourth-order valence-electron chi connectivity index (χ4n) is 3.12. The van der Waals surface area contributed by atoms with Gasteiger partial charge >= 0.3 is 0 Å². The van der Waals surface area contributed by atoms with Crippen LogP contribution in [-0.2, 0) is 6.42 Å². The molecule has 3 saturated heterocycles. The average Bonchev–Trinajstić information content (AvgIpc) is 2.47. The quantitative estimate of drug-likeness (QED) is 0.552. The monoisotopic (exact) mass is 247 g/mol. The fourth-order valence-corrected chi connectivity index (χ4v) is 3.12. The largest absolute Gasteiger partial charge is 0.299 e. The molecule has 2 atom stereocenters. The maximum atomic E-state index is 5.77. The third-order valence-electron chi connectivity index (χ3n) is 4.20. The van der Waals surface area contributed by atoms with Gasteiger partial charge in [-0.2, -0.15) is 0 Å². The lowest BCUT2D eigenvalue weighted by Crippen LogP contribution is -2.67. The van der Waals surface area contributed by atoms with Crippen molar-refractivity contribution < 1.29 is 0 Å². The summed E-state index contributed by atoms with van der Waals surface area (Å²) in [4.78, 5) is 9.18. The molecule has 2 bridgehead atoms. The molecule has 5 heteroatoms. The molecule has 5 nitrogen and oxygen atoms in total. The number of nitrogens with zero attached hydrogens (tertiary/aromatic N) is 3. The van der Waals surface area contributed by atoms with Crippen LogP contribution in [-0.4, -0.2) is 59.6 Å². The number of hydrogen-bond acceptors (Lipinski definition) is 5. The maximum Gasteiger partial charge on any atom is 0.0418 e. The summed E-state index contributed by atoms with van der Waals surface area (Å²) in [5.74, 6) is 5.77. The molecule has 0 radical (unpaired) electrons. The summed E-state index contributed by atoms with van der Waals surface area (Å²) in [5.41, 5.74) is 4.31. The Morgan fingerprint density at radius 2 is 2.00 bits per heavy atom.